The van der Waals surface area contributed by atoms with Crippen molar-refractivity contribution >= 4 is 41.4 Å². The van der Waals surface area contributed by atoms with Crippen molar-refractivity contribution in [2.45, 2.75) is 9.59 Å². The molecule has 3 aromatic rings. The third-order valence-corrected chi connectivity index (χ3v) is 6.65. The van der Waals surface area contributed by atoms with Gasteiger partial charge in [-0.2, -0.15) is 0 Å². The molecule has 1 aromatic heterocycles. The van der Waals surface area contributed by atoms with Crippen LogP contribution in [0, 0.1) is 0 Å². The molecule has 0 bridgehead atoms. The van der Waals surface area contributed by atoms with Crippen molar-refractivity contribution in [1.29, 1.82) is 0 Å². The third kappa shape index (κ3) is 1.71. The predicted octanol–water partition coefficient (Wildman–Crippen LogP) is 4.00. The Morgan fingerprint density at radius 2 is 1.70 bits per heavy atom. The van der Waals surface area contributed by atoms with Crippen LogP contribution in [0.5, 0.6) is 0 Å². The van der Waals surface area contributed by atoms with Gasteiger partial charge in [-0.1, -0.05) is 0 Å². The number of hydrogen-bond acceptors (Lipinski definition) is 0. The molecule has 1 heterocycles. The van der Waals surface area contributed by atoms with Crippen LogP contribution in [0.15, 0.2) is 60.7 Å². The van der Waals surface area contributed by atoms with E-state index in [1.165, 1.54) is 52.1 Å². The molecule has 0 amide bonds. The maximum absolute atomic E-state index is 3.69. The molecule has 0 spiro atoms. The van der Waals surface area contributed by atoms with E-state index in [-0.39, 0.29) is 3.17 Å². The summed E-state index contributed by atoms with van der Waals surface area (Å²) >= 11 is 1.18. The summed E-state index contributed by atoms with van der Waals surface area (Å²) in [5, 5.41) is 1.34. The van der Waals surface area contributed by atoms with Crippen LogP contribution in [0.2, 0.25) is 0 Å². The van der Waals surface area contributed by atoms with Gasteiger partial charge in [0.1, 0.15) is 0 Å². The molecular formula is C18H14InN. The number of nitrogens with one attached hydrogen (secondary N) is 1. The number of aromatic nitrogens is 1. The van der Waals surface area contributed by atoms with E-state index in [0.717, 1.165) is 6.42 Å². The van der Waals surface area contributed by atoms with Crippen molar-refractivity contribution in [2.75, 3.05) is 0 Å². The summed E-state index contributed by atoms with van der Waals surface area (Å²) in [5.74, 6) is 0. The molecule has 1 aliphatic carbocycles. The monoisotopic (exact) mass is 359 g/mol. The molecule has 0 saturated carbocycles. The first kappa shape index (κ1) is 12.3. The molecule has 0 aliphatic heterocycles. The van der Waals surface area contributed by atoms with Crippen molar-refractivity contribution in [2.24, 2.45) is 0 Å². The van der Waals surface area contributed by atoms with Gasteiger partial charge in [0.2, 0.25) is 0 Å². The maximum atomic E-state index is 3.69. The van der Waals surface area contributed by atoms with Gasteiger partial charge in [0.25, 0.3) is 0 Å². The van der Waals surface area contributed by atoms with Crippen LogP contribution in [-0.4, -0.2) is 29.4 Å². The van der Waals surface area contributed by atoms with E-state index in [9.17, 15) is 0 Å². The molecule has 1 nitrogen and oxygen atoms in total. The van der Waals surface area contributed by atoms with Crippen LogP contribution in [0.25, 0.3) is 17.0 Å². The minimum atomic E-state index is 0.162. The summed E-state index contributed by atoms with van der Waals surface area (Å²) in [6.45, 7) is 0. The first-order chi connectivity index (χ1) is 9.79. The molecule has 20 heavy (non-hydrogen) atoms. The second-order valence-corrected chi connectivity index (χ2v) is 8.22. The van der Waals surface area contributed by atoms with Crippen molar-refractivity contribution in [3.05, 3.63) is 77.5 Å². The van der Waals surface area contributed by atoms with E-state index in [4.69, 9.17) is 0 Å². The third-order valence-electron chi connectivity index (χ3n) is 4.21. The van der Waals surface area contributed by atoms with E-state index in [0.29, 0.717) is 0 Å². The average Bonchev–Trinajstić information content (AvgIpc) is 2.89. The van der Waals surface area contributed by atoms with E-state index >= 15 is 0 Å². The van der Waals surface area contributed by atoms with Gasteiger partial charge in [-0.05, 0) is 0 Å². The Bertz CT molecular complexity index is 801. The molecule has 1 atom stereocenters. The predicted molar refractivity (Wildman–Crippen MR) is 84.9 cm³/mol. The Morgan fingerprint density at radius 1 is 0.950 bits per heavy atom. The number of para-hydroxylation sites is 1. The Kier molecular flexibility index (Phi) is 2.81. The van der Waals surface area contributed by atoms with Crippen LogP contribution in [0.3, 0.4) is 0 Å². The van der Waals surface area contributed by atoms with E-state index < -0.39 is 0 Å². The summed E-state index contributed by atoms with van der Waals surface area (Å²) in [6, 6.07) is 19.5. The Balaban J connectivity index is 2.01. The number of aromatic amines is 1. The topological polar surface area (TPSA) is 15.8 Å². The second-order valence-electron chi connectivity index (χ2n) is 5.40. The molecule has 4 rings (SSSR count). The molecule has 2 radical (unpaired) electrons. The summed E-state index contributed by atoms with van der Waals surface area (Å²) in [5.41, 5.74) is 5.45. The number of H-pyrrole nitrogens is 1. The van der Waals surface area contributed by atoms with Crippen LogP contribution in [0.1, 0.15) is 23.2 Å². The minimum absolute atomic E-state index is 0.162. The van der Waals surface area contributed by atoms with Gasteiger partial charge in [-0.3, -0.25) is 0 Å². The Labute approximate surface area is 133 Å². The quantitative estimate of drug-likeness (QED) is 0.676. The molecular weight excluding hydrogens is 345 g/mol. The number of benzene rings is 2. The zero-order valence-electron chi connectivity index (χ0n) is 11.1. The molecule has 0 saturated heterocycles. The zero-order chi connectivity index (χ0) is 13.6. The normalized spacial score (nSPS) is 21.0. The van der Waals surface area contributed by atoms with Gasteiger partial charge >= 0.3 is 133 Å². The van der Waals surface area contributed by atoms with Crippen molar-refractivity contribution in [3.8, 4) is 0 Å². The summed E-state index contributed by atoms with van der Waals surface area (Å²) < 4.78 is 0.162. The second kappa shape index (κ2) is 4.56. The fraction of sp³-hybridized carbons (Fsp3) is 0.111. The standard InChI is InChI=1S/C18H14N.In/c1-2-7-13(8-3-1)14-10-6-11-16-15-9-4-5-12-17(15)19-18(14)16;/h1-9,11-12,19H,10H2;. The molecule has 94 valence electrons. The van der Waals surface area contributed by atoms with Gasteiger partial charge < -0.3 is 0 Å². The average molecular weight is 359 g/mol. The summed E-state index contributed by atoms with van der Waals surface area (Å²) in [6.07, 6.45) is 5.71. The molecule has 0 fully saturated rings. The van der Waals surface area contributed by atoms with Crippen molar-refractivity contribution in [1.82, 2.24) is 4.98 Å². The van der Waals surface area contributed by atoms with E-state index in [1.54, 1.807) is 0 Å². The Hall–Kier alpha value is -1.41. The van der Waals surface area contributed by atoms with E-state index in [1.807, 2.05) is 0 Å². The van der Waals surface area contributed by atoms with Crippen LogP contribution in [-0.2, 0) is 3.17 Å². The number of hydrogen-bond donors (Lipinski definition) is 1. The zero-order valence-corrected chi connectivity index (χ0v) is 14.4. The fourth-order valence-electron chi connectivity index (χ4n) is 3.15. The number of fused-ring (bicyclic) bond motifs is 3. The molecule has 2 heteroatoms. The number of allylic oxidation sites excluding steroid dienone is 1. The first-order valence-electron chi connectivity index (χ1n) is 6.91. The van der Waals surface area contributed by atoms with Crippen molar-refractivity contribution in [3.63, 3.8) is 0 Å². The summed E-state index contributed by atoms with van der Waals surface area (Å²) in [7, 11) is 0. The van der Waals surface area contributed by atoms with Gasteiger partial charge in [0.05, 0.1) is 0 Å². The van der Waals surface area contributed by atoms with Gasteiger partial charge in [-0.25, -0.2) is 0 Å². The fourth-order valence-corrected chi connectivity index (χ4v) is 4.74. The van der Waals surface area contributed by atoms with Crippen molar-refractivity contribution < 1.29 is 0 Å². The van der Waals surface area contributed by atoms with Gasteiger partial charge in [0, 0.05) is 0 Å². The molecule has 1 unspecified atom stereocenters. The van der Waals surface area contributed by atoms with E-state index in [2.05, 4.69) is 71.7 Å². The van der Waals surface area contributed by atoms with Gasteiger partial charge in [0.15, 0.2) is 0 Å². The number of rotatable bonds is 1. The van der Waals surface area contributed by atoms with Crippen LogP contribution < -0.4 is 0 Å². The molecule has 1 aliphatic rings. The van der Waals surface area contributed by atoms with Crippen LogP contribution in [0.4, 0.5) is 0 Å². The summed E-state index contributed by atoms with van der Waals surface area (Å²) in [4.78, 5) is 3.69. The molecule has 2 aromatic carbocycles. The van der Waals surface area contributed by atoms with Gasteiger partial charge in [-0.15, -0.1) is 0 Å². The Morgan fingerprint density at radius 3 is 2.55 bits per heavy atom. The van der Waals surface area contributed by atoms with Crippen LogP contribution >= 0.6 is 0 Å². The molecule has 1 N–H and O–H groups in total. The SMILES string of the molecule is [In][C]1(c2ccccc2)CC=Cc2c1[nH]c1ccccc21. The first-order valence-corrected chi connectivity index (χ1v) is 8.56.